The number of ether oxygens (including phenoxy) is 1. The predicted octanol–water partition coefficient (Wildman–Crippen LogP) is 1.45. The third kappa shape index (κ3) is 0.540. The second-order valence-electron chi connectivity index (χ2n) is 4.71. The molecule has 1 heterocycles. The van der Waals surface area contributed by atoms with Gasteiger partial charge in [-0.15, -0.1) is 0 Å². The molecule has 3 rings (SSSR count). The number of fused-ring (bicyclic) bond motifs is 1. The summed E-state index contributed by atoms with van der Waals surface area (Å²) in [5.41, 5.74) is 0. The van der Waals surface area contributed by atoms with Crippen LogP contribution in [-0.4, -0.2) is 12.1 Å². The Morgan fingerprint density at radius 2 is 2.00 bits per heavy atom. The van der Waals surface area contributed by atoms with Crippen LogP contribution in [0, 0.1) is 29.6 Å². The molecule has 0 aromatic rings. The van der Waals surface area contributed by atoms with Gasteiger partial charge in [0.1, 0.15) is 6.10 Å². The SMILES string of the molecule is CC1C2CC3C1OC(=O)C3C2C. The maximum atomic E-state index is 11.4. The average molecular weight is 166 g/mol. The molecule has 0 amide bonds. The molecule has 1 saturated heterocycles. The van der Waals surface area contributed by atoms with E-state index < -0.39 is 0 Å². The highest BCUT2D eigenvalue weighted by atomic mass is 16.6. The minimum absolute atomic E-state index is 0.0874. The number of hydrogen-bond donors (Lipinski definition) is 0. The Labute approximate surface area is 72.3 Å². The molecule has 1 aliphatic heterocycles. The first-order valence-electron chi connectivity index (χ1n) is 4.90. The zero-order valence-electron chi connectivity index (χ0n) is 7.49. The fraction of sp³-hybridized carbons (Fsp3) is 0.900. The lowest BCUT2D eigenvalue weighted by Crippen LogP contribution is -2.30. The van der Waals surface area contributed by atoms with Crippen LogP contribution in [0.5, 0.6) is 0 Å². The van der Waals surface area contributed by atoms with E-state index in [0.717, 1.165) is 5.92 Å². The van der Waals surface area contributed by atoms with Crippen molar-refractivity contribution in [2.45, 2.75) is 26.4 Å². The topological polar surface area (TPSA) is 26.3 Å². The minimum Gasteiger partial charge on any atom is -0.462 e. The molecule has 0 N–H and O–H groups in total. The third-order valence-electron chi connectivity index (χ3n) is 4.39. The summed E-state index contributed by atoms with van der Waals surface area (Å²) in [7, 11) is 0. The van der Waals surface area contributed by atoms with Gasteiger partial charge in [-0.1, -0.05) is 13.8 Å². The van der Waals surface area contributed by atoms with Crippen molar-refractivity contribution in [3.05, 3.63) is 0 Å². The van der Waals surface area contributed by atoms with Crippen molar-refractivity contribution in [2.24, 2.45) is 29.6 Å². The highest BCUT2D eigenvalue weighted by Gasteiger charge is 2.63. The first-order valence-corrected chi connectivity index (χ1v) is 4.90. The second kappa shape index (κ2) is 1.86. The molecule has 6 atom stereocenters. The van der Waals surface area contributed by atoms with Crippen molar-refractivity contribution in [1.82, 2.24) is 0 Å². The molecule has 2 bridgehead atoms. The molecule has 3 fully saturated rings. The first kappa shape index (κ1) is 6.93. The van der Waals surface area contributed by atoms with Crippen LogP contribution >= 0.6 is 0 Å². The van der Waals surface area contributed by atoms with Crippen LogP contribution in [0.3, 0.4) is 0 Å². The highest BCUT2D eigenvalue weighted by molar-refractivity contribution is 5.77. The van der Waals surface area contributed by atoms with Gasteiger partial charge in [0, 0.05) is 5.92 Å². The molecule has 0 radical (unpaired) electrons. The summed E-state index contributed by atoms with van der Waals surface area (Å²) in [6.07, 6.45) is 1.52. The molecule has 2 saturated carbocycles. The molecule has 3 aliphatic rings. The Kier molecular flexibility index (Phi) is 1.07. The van der Waals surface area contributed by atoms with Crippen LogP contribution in [0.4, 0.5) is 0 Å². The van der Waals surface area contributed by atoms with E-state index in [2.05, 4.69) is 13.8 Å². The summed E-state index contributed by atoms with van der Waals surface area (Å²) in [4.78, 5) is 11.4. The number of carbonyl (C=O) groups excluding carboxylic acids is 1. The fourth-order valence-corrected chi connectivity index (χ4v) is 3.79. The minimum atomic E-state index is 0.0874. The number of carbonyl (C=O) groups is 1. The van der Waals surface area contributed by atoms with Crippen LogP contribution in [-0.2, 0) is 9.53 Å². The summed E-state index contributed by atoms with van der Waals surface area (Å²) >= 11 is 0. The van der Waals surface area contributed by atoms with Crippen LogP contribution < -0.4 is 0 Å². The van der Waals surface area contributed by atoms with Gasteiger partial charge in [-0.3, -0.25) is 4.79 Å². The predicted molar refractivity (Wildman–Crippen MR) is 43.3 cm³/mol. The van der Waals surface area contributed by atoms with Gasteiger partial charge in [-0.2, -0.15) is 0 Å². The summed E-state index contributed by atoms with van der Waals surface area (Å²) in [5.74, 6) is 2.88. The molecular weight excluding hydrogens is 152 g/mol. The van der Waals surface area contributed by atoms with Crippen molar-refractivity contribution in [3.63, 3.8) is 0 Å². The van der Waals surface area contributed by atoms with Gasteiger partial charge >= 0.3 is 5.97 Å². The maximum Gasteiger partial charge on any atom is 0.309 e. The van der Waals surface area contributed by atoms with Crippen molar-refractivity contribution < 1.29 is 9.53 Å². The number of esters is 1. The third-order valence-corrected chi connectivity index (χ3v) is 4.39. The molecule has 0 spiro atoms. The van der Waals surface area contributed by atoms with E-state index >= 15 is 0 Å². The number of rotatable bonds is 0. The Morgan fingerprint density at radius 1 is 1.25 bits per heavy atom. The Morgan fingerprint density at radius 3 is 2.67 bits per heavy atom. The van der Waals surface area contributed by atoms with Gasteiger partial charge in [0.25, 0.3) is 0 Å². The van der Waals surface area contributed by atoms with E-state index in [4.69, 9.17) is 4.74 Å². The van der Waals surface area contributed by atoms with Crippen LogP contribution in [0.25, 0.3) is 0 Å². The van der Waals surface area contributed by atoms with Crippen LogP contribution in [0.15, 0.2) is 0 Å². The first-order chi connectivity index (χ1) is 5.70. The summed E-state index contributed by atoms with van der Waals surface area (Å²) in [6.45, 7) is 4.45. The second-order valence-corrected chi connectivity index (χ2v) is 4.71. The van der Waals surface area contributed by atoms with E-state index in [1.807, 2.05) is 0 Å². The largest absolute Gasteiger partial charge is 0.462 e. The van der Waals surface area contributed by atoms with E-state index in [9.17, 15) is 4.79 Å². The molecule has 2 aliphatic carbocycles. The lowest BCUT2D eigenvalue weighted by molar-refractivity contribution is -0.144. The molecule has 2 nitrogen and oxygen atoms in total. The smallest absolute Gasteiger partial charge is 0.309 e. The van der Waals surface area contributed by atoms with Crippen LogP contribution in [0.1, 0.15) is 20.3 Å². The van der Waals surface area contributed by atoms with Crippen molar-refractivity contribution in [2.75, 3.05) is 0 Å². The summed E-state index contributed by atoms with van der Waals surface area (Å²) in [5, 5.41) is 0. The van der Waals surface area contributed by atoms with Gasteiger partial charge in [0.05, 0.1) is 5.92 Å². The van der Waals surface area contributed by atoms with Crippen LogP contribution in [0.2, 0.25) is 0 Å². The Hall–Kier alpha value is -0.530. The molecule has 0 aromatic heterocycles. The van der Waals surface area contributed by atoms with E-state index in [0.29, 0.717) is 17.8 Å². The lowest BCUT2D eigenvalue weighted by atomic mass is 9.76. The van der Waals surface area contributed by atoms with Crippen molar-refractivity contribution >= 4 is 5.97 Å². The van der Waals surface area contributed by atoms with Gasteiger partial charge in [0.2, 0.25) is 0 Å². The average Bonchev–Trinajstić information content (AvgIpc) is 2.56. The monoisotopic (exact) mass is 166 g/mol. The quantitative estimate of drug-likeness (QED) is 0.509. The molecule has 12 heavy (non-hydrogen) atoms. The number of hydrogen-bond acceptors (Lipinski definition) is 2. The van der Waals surface area contributed by atoms with E-state index in [1.165, 1.54) is 6.42 Å². The Bertz CT molecular complexity index is 248. The lowest BCUT2D eigenvalue weighted by Gasteiger charge is -2.26. The summed E-state index contributed by atoms with van der Waals surface area (Å²) in [6, 6.07) is 0. The van der Waals surface area contributed by atoms with E-state index in [1.54, 1.807) is 0 Å². The fourth-order valence-electron chi connectivity index (χ4n) is 3.79. The summed E-state index contributed by atoms with van der Waals surface area (Å²) < 4.78 is 5.38. The Balaban J connectivity index is 2.06. The molecule has 6 unspecified atom stereocenters. The molecular formula is C10H14O2. The van der Waals surface area contributed by atoms with Gasteiger partial charge in [-0.05, 0) is 24.2 Å². The zero-order chi connectivity index (χ0) is 8.46. The van der Waals surface area contributed by atoms with Crippen molar-refractivity contribution in [3.8, 4) is 0 Å². The standard InChI is InChI=1S/C10H14O2/c1-4-6-3-7-8(4)10(11)12-9(7)5(6)2/h4-9H,3H2,1-2H3. The van der Waals surface area contributed by atoms with Gasteiger partial charge in [0.15, 0.2) is 0 Å². The van der Waals surface area contributed by atoms with Crippen molar-refractivity contribution in [1.29, 1.82) is 0 Å². The van der Waals surface area contributed by atoms with Gasteiger partial charge in [-0.25, -0.2) is 0 Å². The zero-order valence-corrected chi connectivity index (χ0v) is 7.49. The van der Waals surface area contributed by atoms with Gasteiger partial charge < -0.3 is 4.74 Å². The highest BCUT2D eigenvalue weighted by Crippen LogP contribution is 2.59. The normalized spacial score (nSPS) is 61.0. The molecule has 0 aromatic carbocycles. The molecule has 2 heteroatoms. The van der Waals surface area contributed by atoms with E-state index in [-0.39, 0.29) is 18.0 Å². The maximum absolute atomic E-state index is 11.4. The molecule has 66 valence electrons.